The van der Waals surface area contributed by atoms with Crippen LogP contribution in [0.1, 0.15) is 33.0 Å². The van der Waals surface area contributed by atoms with Crippen LogP contribution >= 0.6 is 0 Å². The van der Waals surface area contributed by atoms with E-state index in [1.165, 1.54) is 12.4 Å². The smallest absolute Gasteiger partial charge is 0.348 e. The lowest BCUT2D eigenvalue weighted by atomic mass is 10.1. The summed E-state index contributed by atoms with van der Waals surface area (Å²) in [5.41, 5.74) is 0.663. The highest BCUT2D eigenvalue weighted by Gasteiger charge is 2.32. The van der Waals surface area contributed by atoms with Crippen molar-refractivity contribution in [2.75, 3.05) is 0 Å². The molecule has 0 atom stereocenters. The zero-order chi connectivity index (χ0) is 16.3. The van der Waals surface area contributed by atoms with Gasteiger partial charge in [-0.2, -0.15) is 13.2 Å². The highest BCUT2D eigenvalue weighted by molar-refractivity contribution is 5.96. The van der Waals surface area contributed by atoms with Crippen molar-refractivity contribution in [1.29, 1.82) is 0 Å². The van der Waals surface area contributed by atoms with Crippen LogP contribution in [-0.2, 0) is 12.7 Å². The normalized spacial score (nSPS) is 11.3. The topological polar surface area (TPSA) is 67.8 Å². The van der Waals surface area contributed by atoms with E-state index in [1.54, 1.807) is 13.8 Å². The number of aromatic nitrogens is 3. The van der Waals surface area contributed by atoms with Crippen molar-refractivity contribution in [3.05, 3.63) is 52.9 Å². The quantitative estimate of drug-likeness (QED) is 0.945. The second kappa shape index (κ2) is 6.08. The third kappa shape index (κ3) is 3.57. The summed E-state index contributed by atoms with van der Waals surface area (Å²) < 4.78 is 37.7. The fourth-order valence-corrected chi connectivity index (χ4v) is 1.93. The first kappa shape index (κ1) is 15.9. The molecule has 0 bridgehead atoms. The summed E-state index contributed by atoms with van der Waals surface area (Å²) in [4.78, 5) is 23.2. The molecule has 8 heteroatoms. The maximum absolute atomic E-state index is 12.6. The van der Waals surface area contributed by atoms with Gasteiger partial charge in [-0.3, -0.25) is 9.78 Å². The average molecular weight is 310 g/mol. The number of nitrogens with zero attached hydrogens (tertiary/aromatic N) is 3. The Bertz CT molecular complexity index is 680. The molecule has 2 aromatic rings. The molecule has 0 fully saturated rings. The molecule has 0 aliphatic rings. The minimum atomic E-state index is -4.51. The summed E-state index contributed by atoms with van der Waals surface area (Å²) in [5.74, 6) is -0.430. The molecule has 2 rings (SSSR count). The first-order valence-corrected chi connectivity index (χ1v) is 6.37. The van der Waals surface area contributed by atoms with Crippen LogP contribution < -0.4 is 5.32 Å². The summed E-state index contributed by atoms with van der Waals surface area (Å²) in [6, 6.07) is 2.32. The van der Waals surface area contributed by atoms with Gasteiger partial charge in [0.2, 0.25) is 0 Å². The van der Waals surface area contributed by atoms with Crippen molar-refractivity contribution in [2.45, 2.75) is 26.6 Å². The van der Waals surface area contributed by atoms with Crippen molar-refractivity contribution in [3.8, 4) is 0 Å². The van der Waals surface area contributed by atoms with Gasteiger partial charge in [-0.1, -0.05) is 0 Å². The molecule has 0 unspecified atom stereocenters. The highest BCUT2D eigenvalue weighted by atomic mass is 19.4. The molecule has 0 aliphatic heterocycles. The molecule has 1 N–H and O–H groups in total. The van der Waals surface area contributed by atoms with E-state index >= 15 is 0 Å². The largest absolute Gasteiger partial charge is 0.433 e. The summed E-state index contributed by atoms with van der Waals surface area (Å²) in [5, 5.41) is 2.56. The fraction of sp³-hybridized carbons (Fsp3) is 0.286. The molecule has 1 amide bonds. The number of hydrogen-bond donors (Lipinski definition) is 1. The van der Waals surface area contributed by atoms with Crippen LogP contribution in [0.5, 0.6) is 0 Å². The monoisotopic (exact) mass is 310 g/mol. The molecule has 22 heavy (non-hydrogen) atoms. The Hall–Kier alpha value is -2.51. The number of nitrogens with one attached hydrogen (secondary N) is 1. The lowest BCUT2D eigenvalue weighted by molar-refractivity contribution is -0.141. The van der Waals surface area contributed by atoms with Crippen LogP contribution in [-0.4, -0.2) is 20.9 Å². The first-order chi connectivity index (χ1) is 10.3. The average Bonchev–Trinajstić information content (AvgIpc) is 2.44. The van der Waals surface area contributed by atoms with Gasteiger partial charge in [0.1, 0.15) is 12.0 Å². The number of rotatable bonds is 3. The van der Waals surface area contributed by atoms with Crippen molar-refractivity contribution in [3.63, 3.8) is 0 Å². The maximum Gasteiger partial charge on any atom is 0.433 e. The molecular weight excluding hydrogens is 297 g/mol. The Morgan fingerprint density at radius 2 is 1.82 bits per heavy atom. The van der Waals surface area contributed by atoms with E-state index in [9.17, 15) is 18.0 Å². The van der Waals surface area contributed by atoms with Gasteiger partial charge in [-0.15, -0.1) is 0 Å². The van der Waals surface area contributed by atoms with Gasteiger partial charge in [-0.05, 0) is 31.5 Å². The Labute approximate surface area is 124 Å². The van der Waals surface area contributed by atoms with Gasteiger partial charge in [0.15, 0.2) is 0 Å². The number of hydrogen-bond acceptors (Lipinski definition) is 4. The number of carbonyl (C=O) groups is 1. The van der Waals surface area contributed by atoms with Crippen molar-refractivity contribution in [2.24, 2.45) is 0 Å². The van der Waals surface area contributed by atoms with Crippen LogP contribution in [0.3, 0.4) is 0 Å². The van der Waals surface area contributed by atoms with Gasteiger partial charge in [0.25, 0.3) is 5.91 Å². The molecule has 0 aliphatic carbocycles. The van der Waals surface area contributed by atoms with Crippen LogP contribution in [0.4, 0.5) is 13.2 Å². The first-order valence-electron chi connectivity index (χ1n) is 6.37. The Kier molecular flexibility index (Phi) is 4.39. The molecule has 0 aromatic carbocycles. The summed E-state index contributed by atoms with van der Waals surface area (Å²) >= 11 is 0. The molecule has 0 saturated carbocycles. The molecule has 116 valence electrons. The fourth-order valence-electron chi connectivity index (χ4n) is 1.93. The third-order valence-corrected chi connectivity index (χ3v) is 3.02. The molecule has 0 spiro atoms. The van der Waals surface area contributed by atoms with Gasteiger partial charge >= 0.3 is 6.18 Å². The molecule has 2 aromatic heterocycles. The summed E-state index contributed by atoms with van der Waals surface area (Å²) in [7, 11) is 0. The van der Waals surface area contributed by atoms with Crippen LogP contribution in [0.15, 0.2) is 24.7 Å². The van der Waals surface area contributed by atoms with E-state index in [0.29, 0.717) is 22.5 Å². The third-order valence-electron chi connectivity index (χ3n) is 3.02. The zero-order valence-corrected chi connectivity index (χ0v) is 11.9. The van der Waals surface area contributed by atoms with Gasteiger partial charge in [0.05, 0.1) is 17.0 Å². The Morgan fingerprint density at radius 1 is 1.18 bits per heavy atom. The number of halogens is 3. The molecule has 0 saturated heterocycles. The van der Waals surface area contributed by atoms with E-state index in [4.69, 9.17) is 0 Å². The number of alkyl halides is 3. The Balaban J connectivity index is 2.12. The van der Waals surface area contributed by atoms with Gasteiger partial charge in [-0.25, -0.2) is 9.97 Å². The van der Waals surface area contributed by atoms with Gasteiger partial charge < -0.3 is 5.32 Å². The van der Waals surface area contributed by atoms with Crippen molar-refractivity contribution < 1.29 is 18.0 Å². The van der Waals surface area contributed by atoms with E-state index in [2.05, 4.69) is 20.3 Å². The number of carbonyl (C=O) groups excluding carboxylic acids is 1. The van der Waals surface area contributed by atoms with Crippen LogP contribution in [0.2, 0.25) is 0 Å². The zero-order valence-electron chi connectivity index (χ0n) is 11.9. The second-order valence-electron chi connectivity index (χ2n) is 4.65. The lowest BCUT2D eigenvalue weighted by Gasteiger charge is -2.10. The molecular formula is C14H13F3N4O. The number of aryl methyl sites for hydroxylation is 2. The van der Waals surface area contributed by atoms with E-state index in [0.717, 1.165) is 12.3 Å². The van der Waals surface area contributed by atoms with Gasteiger partial charge in [0, 0.05) is 12.7 Å². The van der Waals surface area contributed by atoms with E-state index in [-0.39, 0.29) is 6.54 Å². The SMILES string of the molecule is Cc1ncnc(C)c1C(=O)NCc1ccnc(C(F)(F)F)c1. The van der Waals surface area contributed by atoms with Crippen molar-refractivity contribution >= 4 is 5.91 Å². The number of amides is 1. The van der Waals surface area contributed by atoms with Crippen molar-refractivity contribution in [1.82, 2.24) is 20.3 Å². The predicted molar refractivity (Wildman–Crippen MR) is 71.9 cm³/mol. The number of pyridine rings is 1. The van der Waals surface area contributed by atoms with E-state index < -0.39 is 17.8 Å². The minimum absolute atomic E-state index is 0.0434. The lowest BCUT2D eigenvalue weighted by Crippen LogP contribution is -2.25. The maximum atomic E-state index is 12.6. The summed E-state index contributed by atoms with van der Waals surface area (Å²) in [6.45, 7) is 3.29. The standard InChI is InChI=1S/C14H13F3N4O/c1-8-12(9(2)21-7-20-8)13(22)19-6-10-3-4-18-11(5-10)14(15,16)17/h3-5,7H,6H2,1-2H3,(H,19,22). The predicted octanol–water partition coefficient (Wildman–Crippen LogP) is 2.44. The van der Waals surface area contributed by atoms with Crippen LogP contribution in [0.25, 0.3) is 0 Å². The minimum Gasteiger partial charge on any atom is -0.348 e. The molecule has 0 radical (unpaired) electrons. The highest BCUT2D eigenvalue weighted by Crippen LogP contribution is 2.27. The molecule has 2 heterocycles. The summed E-state index contributed by atoms with van der Waals surface area (Å²) in [6.07, 6.45) is -2.10. The molecule has 5 nitrogen and oxygen atoms in total. The van der Waals surface area contributed by atoms with Crippen LogP contribution in [0, 0.1) is 13.8 Å². The second-order valence-corrected chi connectivity index (χ2v) is 4.65. The Morgan fingerprint density at radius 3 is 2.41 bits per heavy atom. The van der Waals surface area contributed by atoms with E-state index in [1.807, 2.05) is 0 Å².